The van der Waals surface area contributed by atoms with Crippen molar-refractivity contribution in [3.63, 3.8) is 0 Å². The summed E-state index contributed by atoms with van der Waals surface area (Å²) in [6, 6.07) is 15.0. The van der Waals surface area contributed by atoms with Gasteiger partial charge in [-0.3, -0.25) is 9.52 Å². The zero-order chi connectivity index (χ0) is 21.2. The van der Waals surface area contributed by atoms with Gasteiger partial charge in [-0.25, -0.2) is 8.42 Å². The first kappa shape index (κ1) is 21.9. The zero-order valence-electron chi connectivity index (χ0n) is 14.4. The van der Waals surface area contributed by atoms with Crippen molar-refractivity contribution >= 4 is 78.0 Å². The number of amides is 1. The predicted molar refractivity (Wildman–Crippen MR) is 121 cm³/mol. The monoisotopic (exact) mass is 532 g/mol. The van der Waals surface area contributed by atoms with Gasteiger partial charge in [-0.15, -0.1) is 0 Å². The molecular weight excluding hydrogens is 523 g/mol. The summed E-state index contributed by atoms with van der Waals surface area (Å²) in [6.07, 6.45) is 0. The number of carbonyl (C=O) groups is 1. The van der Waals surface area contributed by atoms with Crippen LogP contribution in [0.3, 0.4) is 0 Å². The molecule has 0 heterocycles. The Morgan fingerprint density at radius 1 is 0.862 bits per heavy atom. The third kappa shape index (κ3) is 5.43. The SMILES string of the molecule is O=C(Nc1ccc(S(=O)(=O)Nc2ccc(Cl)cc2Cl)cc1)c1cc(Br)ccc1Cl. The molecule has 5 nitrogen and oxygen atoms in total. The molecule has 150 valence electrons. The minimum atomic E-state index is -3.88. The fourth-order valence-corrected chi connectivity index (χ4v) is 4.52. The summed E-state index contributed by atoms with van der Waals surface area (Å²) >= 11 is 21.2. The summed E-state index contributed by atoms with van der Waals surface area (Å²) in [6.45, 7) is 0. The fourth-order valence-electron chi connectivity index (χ4n) is 2.36. The molecule has 0 aliphatic heterocycles. The van der Waals surface area contributed by atoms with Crippen LogP contribution in [0.4, 0.5) is 11.4 Å². The Morgan fingerprint density at radius 2 is 1.55 bits per heavy atom. The molecule has 0 aliphatic rings. The van der Waals surface area contributed by atoms with Crippen LogP contribution in [-0.4, -0.2) is 14.3 Å². The normalized spacial score (nSPS) is 11.2. The first-order chi connectivity index (χ1) is 13.7. The van der Waals surface area contributed by atoms with Crippen molar-refractivity contribution in [1.29, 1.82) is 0 Å². The molecule has 0 radical (unpaired) electrons. The average molecular weight is 535 g/mol. The molecule has 1 amide bonds. The Kier molecular flexibility index (Phi) is 6.76. The van der Waals surface area contributed by atoms with E-state index >= 15 is 0 Å². The van der Waals surface area contributed by atoms with E-state index in [0.29, 0.717) is 20.2 Å². The summed E-state index contributed by atoms with van der Waals surface area (Å²) in [5.41, 5.74) is 0.907. The number of rotatable bonds is 5. The van der Waals surface area contributed by atoms with Crippen LogP contribution in [0.5, 0.6) is 0 Å². The van der Waals surface area contributed by atoms with Crippen molar-refractivity contribution < 1.29 is 13.2 Å². The van der Waals surface area contributed by atoms with E-state index in [-0.39, 0.29) is 21.2 Å². The number of benzene rings is 3. The highest BCUT2D eigenvalue weighted by atomic mass is 79.9. The van der Waals surface area contributed by atoms with E-state index in [2.05, 4.69) is 26.0 Å². The first-order valence-corrected chi connectivity index (χ1v) is 11.4. The molecule has 0 atom stereocenters. The molecule has 3 aromatic rings. The molecule has 0 unspecified atom stereocenters. The van der Waals surface area contributed by atoms with Gasteiger partial charge in [0.1, 0.15) is 0 Å². The smallest absolute Gasteiger partial charge is 0.261 e. The molecule has 0 spiro atoms. The number of anilines is 2. The highest BCUT2D eigenvalue weighted by Crippen LogP contribution is 2.28. The molecule has 0 saturated heterocycles. The molecule has 0 bridgehead atoms. The lowest BCUT2D eigenvalue weighted by molar-refractivity contribution is 0.102. The molecule has 3 aromatic carbocycles. The van der Waals surface area contributed by atoms with Gasteiger partial charge in [0.15, 0.2) is 0 Å². The molecule has 3 rings (SSSR count). The van der Waals surface area contributed by atoms with Gasteiger partial charge in [0, 0.05) is 15.2 Å². The van der Waals surface area contributed by atoms with E-state index in [0.717, 1.165) is 0 Å². The van der Waals surface area contributed by atoms with Crippen molar-refractivity contribution in [1.82, 2.24) is 0 Å². The van der Waals surface area contributed by atoms with E-state index in [4.69, 9.17) is 34.8 Å². The van der Waals surface area contributed by atoms with Gasteiger partial charge in [0.05, 0.1) is 26.2 Å². The zero-order valence-corrected chi connectivity index (χ0v) is 19.1. The lowest BCUT2D eigenvalue weighted by Crippen LogP contribution is -2.14. The van der Waals surface area contributed by atoms with Crippen molar-refractivity contribution in [2.24, 2.45) is 0 Å². The minimum Gasteiger partial charge on any atom is -0.322 e. The van der Waals surface area contributed by atoms with E-state index in [9.17, 15) is 13.2 Å². The van der Waals surface area contributed by atoms with Gasteiger partial charge < -0.3 is 5.32 Å². The molecule has 0 fully saturated rings. The highest BCUT2D eigenvalue weighted by Gasteiger charge is 2.17. The number of hydrogen-bond acceptors (Lipinski definition) is 3. The van der Waals surface area contributed by atoms with Gasteiger partial charge in [-0.1, -0.05) is 50.7 Å². The molecule has 0 saturated carbocycles. The van der Waals surface area contributed by atoms with Crippen LogP contribution < -0.4 is 10.0 Å². The summed E-state index contributed by atoms with van der Waals surface area (Å²) < 4.78 is 28.2. The Bertz CT molecular complexity index is 1190. The third-order valence-electron chi connectivity index (χ3n) is 3.77. The Labute approximate surface area is 191 Å². The number of nitrogens with one attached hydrogen (secondary N) is 2. The second-order valence-electron chi connectivity index (χ2n) is 5.83. The van der Waals surface area contributed by atoms with Crippen molar-refractivity contribution in [3.05, 3.63) is 85.8 Å². The first-order valence-electron chi connectivity index (χ1n) is 8.00. The molecule has 29 heavy (non-hydrogen) atoms. The molecular formula is C19H12BrCl3N2O3S. The van der Waals surface area contributed by atoms with Crippen LogP contribution in [0.25, 0.3) is 0 Å². The lowest BCUT2D eigenvalue weighted by Gasteiger charge is -2.11. The van der Waals surface area contributed by atoms with Crippen LogP contribution >= 0.6 is 50.7 Å². The fraction of sp³-hybridized carbons (Fsp3) is 0. The summed E-state index contributed by atoms with van der Waals surface area (Å²) in [7, 11) is -3.88. The van der Waals surface area contributed by atoms with E-state index in [1.807, 2.05) is 0 Å². The second-order valence-corrected chi connectivity index (χ2v) is 9.68. The molecule has 0 aliphatic carbocycles. The number of carbonyl (C=O) groups excluding carboxylic acids is 1. The van der Waals surface area contributed by atoms with Crippen LogP contribution in [0.2, 0.25) is 15.1 Å². The minimum absolute atomic E-state index is 0.00186. The molecule has 2 N–H and O–H groups in total. The van der Waals surface area contributed by atoms with Crippen molar-refractivity contribution in [2.75, 3.05) is 10.0 Å². The summed E-state index contributed by atoms with van der Waals surface area (Å²) in [5.74, 6) is -0.419. The second kappa shape index (κ2) is 8.93. The van der Waals surface area contributed by atoms with Crippen LogP contribution in [0, 0.1) is 0 Å². The highest BCUT2D eigenvalue weighted by molar-refractivity contribution is 9.10. The predicted octanol–water partition coefficient (Wildman–Crippen LogP) is 6.46. The quantitative estimate of drug-likeness (QED) is 0.394. The standard InChI is InChI=1S/C19H12BrCl3N2O3S/c20-11-1-7-16(22)15(9-11)19(26)24-13-3-5-14(6-4-13)29(27,28)25-18-8-2-12(21)10-17(18)23/h1-10,25H,(H,24,26). The maximum absolute atomic E-state index is 12.6. The van der Waals surface area contributed by atoms with E-state index in [1.165, 1.54) is 42.5 Å². The maximum atomic E-state index is 12.6. The van der Waals surface area contributed by atoms with Crippen LogP contribution in [-0.2, 0) is 10.0 Å². The Hall–Kier alpha value is -1.77. The van der Waals surface area contributed by atoms with Gasteiger partial charge in [0.25, 0.3) is 15.9 Å². The maximum Gasteiger partial charge on any atom is 0.261 e. The van der Waals surface area contributed by atoms with E-state index < -0.39 is 15.9 Å². The Balaban J connectivity index is 1.77. The third-order valence-corrected chi connectivity index (χ3v) is 6.52. The number of hydrogen-bond donors (Lipinski definition) is 2. The van der Waals surface area contributed by atoms with Gasteiger partial charge in [-0.2, -0.15) is 0 Å². The Morgan fingerprint density at radius 3 is 2.21 bits per heavy atom. The lowest BCUT2D eigenvalue weighted by atomic mass is 10.2. The number of halogens is 4. The van der Waals surface area contributed by atoms with Gasteiger partial charge in [0.2, 0.25) is 0 Å². The topological polar surface area (TPSA) is 75.3 Å². The number of sulfonamides is 1. The summed E-state index contributed by atoms with van der Waals surface area (Å²) in [5, 5.41) is 3.54. The summed E-state index contributed by atoms with van der Waals surface area (Å²) in [4.78, 5) is 12.4. The van der Waals surface area contributed by atoms with Gasteiger partial charge in [-0.05, 0) is 60.7 Å². The van der Waals surface area contributed by atoms with Crippen LogP contribution in [0.15, 0.2) is 70.0 Å². The van der Waals surface area contributed by atoms with Crippen molar-refractivity contribution in [2.45, 2.75) is 4.90 Å². The largest absolute Gasteiger partial charge is 0.322 e. The van der Waals surface area contributed by atoms with Crippen LogP contribution in [0.1, 0.15) is 10.4 Å². The van der Waals surface area contributed by atoms with Gasteiger partial charge >= 0.3 is 0 Å². The average Bonchev–Trinajstić information content (AvgIpc) is 2.66. The van der Waals surface area contributed by atoms with E-state index in [1.54, 1.807) is 18.2 Å². The molecule has 10 heteroatoms. The van der Waals surface area contributed by atoms with Crippen molar-refractivity contribution in [3.8, 4) is 0 Å². The molecule has 0 aromatic heterocycles.